The maximum atomic E-state index is 13.2. The van der Waals surface area contributed by atoms with Crippen molar-refractivity contribution < 1.29 is 4.79 Å². The molecule has 0 unspecified atom stereocenters. The number of hydrogen-bond acceptors (Lipinski definition) is 2. The lowest BCUT2D eigenvalue weighted by atomic mass is 9.91. The molecule has 1 aromatic heterocycles. The number of allylic oxidation sites excluding steroid dienone is 1. The summed E-state index contributed by atoms with van der Waals surface area (Å²) >= 11 is 0. The number of rotatable bonds is 4. The van der Waals surface area contributed by atoms with Crippen molar-refractivity contribution in [3.63, 3.8) is 0 Å². The highest BCUT2D eigenvalue weighted by Gasteiger charge is 2.18. The third-order valence-corrected chi connectivity index (χ3v) is 4.86. The summed E-state index contributed by atoms with van der Waals surface area (Å²) in [5.41, 5.74) is 6.46. The second-order valence-electron chi connectivity index (χ2n) is 6.94. The minimum Gasteiger partial charge on any atom is -0.289 e. The van der Waals surface area contributed by atoms with Gasteiger partial charge in [-0.3, -0.25) is 9.78 Å². The predicted octanol–water partition coefficient (Wildman–Crippen LogP) is 6.41. The quantitative estimate of drug-likeness (QED) is 0.309. The second-order valence-corrected chi connectivity index (χ2v) is 6.94. The molecule has 0 N–H and O–H groups in total. The Kier molecular flexibility index (Phi) is 4.86. The molecule has 0 saturated carbocycles. The van der Waals surface area contributed by atoms with Crippen molar-refractivity contribution in [2.24, 2.45) is 0 Å². The summed E-state index contributed by atoms with van der Waals surface area (Å²) in [5.74, 6) is -0.0322. The smallest absolute Gasteiger partial charge is 0.188 e. The summed E-state index contributed by atoms with van der Waals surface area (Å²) in [5, 5.41) is 0.999. The van der Waals surface area contributed by atoms with Gasteiger partial charge in [0.2, 0.25) is 0 Å². The highest BCUT2D eigenvalue weighted by Crippen LogP contribution is 2.34. The molecule has 0 fully saturated rings. The summed E-state index contributed by atoms with van der Waals surface area (Å²) in [4.78, 5) is 18.0. The number of carbonyl (C=O) groups is 1. The first-order valence-electron chi connectivity index (χ1n) is 9.37. The van der Waals surface area contributed by atoms with E-state index in [4.69, 9.17) is 4.98 Å². The fourth-order valence-electron chi connectivity index (χ4n) is 3.52. The predicted molar refractivity (Wildman–Crippen MR) is 116 cm³/mol. The molecule has 28 heavy (non-hydrogen) atoms. The first-order valence-corrected chi connectivity index (χ1v) is 9.37. The minimum atomic E-state index is -0.0322. The largest absolute Gasteiger partial charge is 0.289 e. The van der Waals surface area contributed by atoms with E-state index in [9.17, 15) is 4.79 Å². The molecule has 0 aliphatic rings. The van der Waals surface area contributed by atoms with Gasteiger partial charge in [0.15, 0.2) is 5.78 Å². The van der Waals surface area contributed by atoms with Crippen LogP contribution in [0.25, 0.3) is 28.1 Å². The highest BCUT2D eigenvalue weighted by molar-refractivity contribution is 6.16. The van der Waals surface area contributed by atoms with Crippen LogP contribution in [-0.2, 0) is 0 Å². The molecule has 0 bridgehead atoms. The van der Waals surface area contributed by atoms with Gasteiger partial charge >= 0.3 is 0 Å². The van der Waals surface area contributed by atoms with Crippen molar-refractivity contribution in [3.8, 4) is 11.1 Å². The van der Waals surface area contributed by atoms with Gasteiger partial charge in [0.1, 0.15) is 0 Å². The van der Waals surface area contributed by atoms with E-state index < -0.39 is 0 Å². The van der Waals surface area contributed by atoms with Gasteiger partial charge in [-0.15, -0.1) is 0 Å². The zero-order valence-electron chi connectivity index (χ0n) is 16.0. The van der Waals surface area contributed by atoms with Crippen molar-refractivity contribution in [1.29, 1.82) is 0 Å². The number of ketones is 1. The maximum absolute atomic E-state index is 13.2. The first kappa shape index (κ1) is 17.9. The van der Waals surface area contributed by atoms with Crippen LogP contribution in [0.3, 0.4) is 0 Å². The number of hydrogen-bond donors (Lipinski definition) is 0. The van der Waals surface area contributed by atoms with Crippen molar-refractivity contribution in [3.05, 3.63) is 107 Å². The van der Waals surface area contributed by atoms with Crippen molar-refractivity contribution in [2.75, 3.05) is 0 Å². The molecule has 3 aromatic carbocycles. The third-order valence-electron chi connectivity index (χ3n) is 4.86. The SMILES string of the molecule is Cc1ccc2c(-c3ccccc3)c(C(=O)/C=C/c3ccccc3)c(C)nc2c1. The average molecular weight is 363 g/mol. The normalized spacial score (nSPS) is 11.2. The van der Waals surface area contributed by atoms with Crippen LogP contribution in [0.15, 0.2) is 84.9 Å². The summed E-state index contributed by atoms with van der Waals surface area (Å²) in [7, 11) is 0. The number of pyridine rings is 1. The van der Waals surface area contributed by atoms with E-state index in [-0.39, 0.29) is 5.78 Å². The van der Waals surface area contributed by atoms with Crippen LogP contribution in [0.1, 0.15) is 27.2 Å². The van der Waals surface area contributed by atoms with E-state index in [1.54, 1.807) is 6.08 Å². The van der Waals surface area contributed by atoms with Gasteiger partial charge in [-0.05, 0) is 42.7 Å². The van der Waals surface area contributed by atoms with Crippen LogP contribution in [-0.4, -0.2) is 10.8 Å². The Morgan fingerprint density at radius 2 is 1.54 bits per heavy atom. The van der Waals surface area contributed by atoms with Crippen LogP contribution in [0.2, 0.25) is 0 Å². The molecule has 0 saturated heterocycles. The molecule has 0 aliphatic heterocycles. The van der Waals surface area contributed by atoms with Gasteiger partial charge in [-0.2, -0.15) is 0 Å². The van der Waals surface area contributed by atoms with Gasteiger partial charge < -0.3 is 0 Å². The Balaban J connectivity index is 1.92. The Labute approximate surface area is 165 Å². The summed E-state index contributed by atoms with van der Waals surface area (Å²) < 4.78 is 0. The van der Waals surface area contributed by atoms with Crippen molar-refractivity contribution >= 4 is 22.8 Å². The molecule has 0 aliphatic carbocycles. The zero-order valence-corrected chi connectivity index (χ0v) is 16.0. The lowest BCUT2D eigenvalue weighted by Gasteiger charge is -2.14. The van der Waals surface area contributed by atoms with Gasteiger partial charge in [0.25, 0.3) is 0 Å². The summed E-state index contributed by atoms with van der Waals surface area (Å²) in [6, 6.07) is 26.1. The Bertz CT molecular complexity index is 1180. The Morgan fingerprint density at radius 1 is 0.857 bits per heavy atom. The van der Waals surface area contributed by atoms with Gasteiger partial charge in [0.05, 0.1) is 11.1 Å². The molecule has 0 radical (unpaired) electrons. The number of carbonyl (C=O) groups excluding carboxylic acids is 1. The topological polar surface area (TPSA) is 30.0 Å². The van der Waals surface area contributed by atoms with E-state index in [1.165, 1.54) is 0 Å². The number of benzene rings is 3. The molecule has 0 amide bonds. The maximum Gasteiger partial charge on any atom is 0.188 e. The lowest BCUT2D eigenvalue weighted by Crippen LogP contribution is -2.05. The molecule has 136 valence electrons. The monoisotopic (exact) mass is 363 g/mol. The van der Waals surface area contributed by atoms with Crippen LogP contribution in [0.5, 0.6) is 0 Å². The number of nitrogens with zero attached hydrogens (tertiary/aromatic N) is 1. The molecule has 2 nitrogen and oxygen atoms in total. The van der Waals surface area contributed by atoms with Crippen molar-refractivity contribution in [2.45, 2.75) is 13.8 Å². The number of aryl methyl sites for hydroxylation is 2. The molecule has 1 heterocycles. The number of fused-ring (bicyclic) bond motifs is 1. The molecule has 2 heteroatoms. The molecule has 0 spiro atoms. The van der Waals surface area contributed by atoms with E-state index in [0.717, 1.165) is 38.9 Å². The van der Waals surface area contributed by atoms with Crippen LogP contribution >= 0.6 is 0 Å². The molecule has 4 aromatic rings. The van der Waals surface area contributed by atoms with Crippen LogP contribution in [0, 0.1) is 13.8 Å². The van der Waals surface area contributed by atoms with E-state index >= 15 is 0 Å². The molecule has 4 rings (SSSR count). The van der Waals surface area contributed by atoms with E-state index in [1.807, 2.05) is 73.7 Å². The third kappa shape index (κ3) is 3.49. The van der Waals surface area contributed by atoms with E-state index in [2.05, 4.69) is 25.1 Å². The van der Waals surface area contributed by atoms with Gasteiger partial charge in [0, 0.05) is 16.6 Å². The average Bonchev–Trinajstić information content (AvgIpc) is 2.72. The van der Waals surface area contributed by atoms with Crippen LogP contribution in [0.4, 0.5) is 0 Å². The lowest BCUT2D eigenvalue weighted by molar-refractivity contribution is 0.104. The fraction of sp³-hybridized carbons (Fsp3) is 0.0769. The molecular weight excluding hydrogens is 342 g/mol. The van der Waals surface area contributed by atoms with Gasteiger partial charge in [-0.1, -0.05) is 78.9 Å². The standard InChI is InChI=1S/C26H21NO/c1-18-13-15-22-23(17-18)27-19(2)25(26(22)21-11-7-4-8-12-21)24(28)16-14-20-9-5-3-6-10-20/h3-17H,1-2H3/b16-14+. The minimum absolute atomic E-state index is 0.0322. The summed E-state index contributed by atoms with van der Waals surface area (Å²) in [6.45, 7) is 3.97. The molecular formula is C26H21NO. The molecule has 0 atom stereocenters. The second kappa shape index (κ2) is 7.61. The zero-order chi connectivity index (χ0) is 19.5. The number of aromatic nitrogens is 1. The Hall–Kier alpha value is -3.52. The fourth-order valence-corrected chi connectivity index (χ4v) is 3.52. The van der Waals surface area contributed by atoms with E-state index in [0.29, 0.717) is 5.56 Å². The highest BCUT2D eigenvalue weighted by atomic mass is 16.1. The van der Waals surface area contributed by atoms with Crippen molar-refractivity contribution in [1.82, 2.24) is 4.98 Å². The Morgan fingerprint density at radius 3 is 2.25 bits per heavy atom. The summed E-state index contributed by atoms with van der Waals surface area (Å²) in [6.07, 6.45) is 3.50. The van der Waals surface area contributed by atoms with Gasteiger partial charge in [-0.25, -0.2) is 0 Å². The first-order chi connectivity index (χ1) is 13.6. The van der Waals surface area contributed by atoms with Crippen LogP contribution < -0.4 is 0 Å².